The van der Waals surface area contributed by atoms with Crippen LogP contribution in [0.5, 0.6) is 0 Å². The van der Waals surface area contributed by atoms with Crippen molar-refractivity contribution in [2.24, 2.45) is 5.41 Å². The molecule has 134 valence electrons. The molecule has 0 aliphatic heterocycles. The number of carbonyl (C=O) groups excluding carboxylic acids is 1. The molecule has 2 rings (SSSR count). The van der Waals surface area contributed by atoms with Crippen molar-refractivity contribution in [2.75, 3.05) is 0 Å². The summed E-state index contributed by atoms with van der Waals surface area (Å²) in [4.78, 5) is 12.7. The van der Waals surface area contributed by atoms with Crippen molar-refractivity contribution in [2.45, 2.75) is 122 Å². The molecule has 0 aromatic heterocycles. The highest BCUT2D eigenvalue weighted by Crippen LogP contribution is 2.45. The average molecular weight is 322 g/mol. The number of hydrogen-bond acceptors (Lipinski definition) is 1. The Morgan fingerprint density at radius 2 is 1.48 bits per heavy atom. The second-order valence-electron chi connectivity index (χ2n) is 8.17. The zero-order valence-corrected chi connectivity index (χ0v) is 15.5. The number of hydrogen-bond donors (Lipinski definition) is 1. The van der Waals surface area contributed by atoms with Crippen LogP contribution in [0.4, 0.5) is 0 Å². The Bertz CT molecular complexity index is 329. The van der Waals surface area contributed by atoms with Crippen LogP contribution in [0.3, 0.4) is 0 Å². The van der Waals surface area contributed by atoms with E-state index in [1.807, 2.05) is 0 Å². The monoisotopic (exact) mass is 321 g/mol. The van der Waals surface area contributed by atoms with Crippen LogP contribution in [0.1, 0.15) is 116 Å². The first kappa shape index (κ1) is 18.8. The van der Waals surface area contributed by atoms with Crippen LogP contribution >= 0.6 is 0 Å². The van der Waals surface area contributed by atoms with Gasteiger partial charge in [0.1, 0.15) is 0 Å². The van der Waals surface area contributed by atoms with Crippen LogP contribution in [-0.2, 0) is 4.79 Å². The van der Waals surface area contributed by atoms with Gasteiger partial charge in [0.05, 0.1) is 0 Å². The lowest BCUT2D eigenvalue weighted by molar-refractivity contribution is -0.137. The van der Waals surface area contributed by atoms with Crippen molar-refractivity contribution < 1.29 is 4.79 Å². The molecule has 0 atom stereocenters. The maximum atomic E-state index is 12.7. The minimum Gasteiger partial charge on any atom is -0.353 e. The Hall–Kier alpha value is -0.530. The SMILES string of the molecule is CCCCCCCCCCC1(C(=O)NC2CCCCC2)CCC1. The molecule has 0 bridgehead atoms. The fourth-order valence-corrected chi connectivity index (χ4v) is 4.38. The van der Waals surface area contributed by atoms with Crippen molar-refractivity contribution >= 4 is 5.91 Å². The molecule has 1 amide bonds. The van der Waals surface area contributed by atoms with Gasteiger partial charge in [-0.3, -0.25) is 4.79 Å². The van der Waals surface area contributed by atoms with Gasteiger partial charge in [0, 0.05) is 11.5 Å². The third kappa shape index (κ3) is 6.12. The van der Waals surface area contributed by atoms with Crippen molar-refractivity contribution in [3.8, 4) is 0 Å². The summed E-state index contributed by atoms with van der Waals surface area (Å²) in [6, 6.07) is 0.479. The van der Waals surface area contributed by atoms with Gasteiger partial charge in [-0.15, -0.1) is 0 Å². The molecule has 0 unspecified atom stereocenters. The smallest absolute Gasteiger partial charge is 0.226 e. The topological polar surface area (TPSA) is 29.1 Å². The lowest BCUT2D eigenvalue weighted by Gasteiger charge is -2.42. The molecule has 23 heavy (non-hydrogen) atoms. The Balaban J connectivity index is 1.60. The average Bonchev–Trinajstić information content (AvgIpc) is 2.53. The van der Waals surface area contributed by atoms with Gasteiger partial charge in [0.25, 0.3) is 0 Å². The minimum absolute atomic E-state index is 0.0274. The predicted molar refractivity (Wildman–Crippen MR) is 98.5 cm³/mol. The van der Waals surface area contributed by atoms with E-state index in [0.29, 0.717) is 11.9 Å². The van der Waals surface area contributed by atoms with Crippen LogP contribution in [0.15, 0.2) is 0 Å². The summed E-state index contributed by atoms with van der Waals surface area (Å²) >= 11 is 0. The Morgan fingerprint density at radius 1 is 0.870 bits per heavy atom. The number of carbonyl (C=O) groups is 1. The number of amides is 1. The van der Waals surface area contributed by atoms with Crippen LogP contribution in [0.2, 0.25) is 0 Å². The third-order valence-electron chi connectivity index (χ3n) is 6.24. The highest BCUT2D eigenvalue weighted by atomic mass is 16.2. The van der Waals surface area contributed by atoms with Gasteiger partial charge < -0.3 is 5.32 Å². The second kappa shape index (κ2) is 10.4. The molecular weight excluding hydrogens is 282 g/mol. The summed E-state index contributed by atoms with van der Waals surface area (Å²) in [5, 5.41) is 3.40. The van der Waals surface area contributed by atoms with E-state index in [9.17, 15) is 4.79 Å². The summed E-state index contributed by atoms with van der Waals surface area (Å²) < 4.78 is 0. The lowest BCUT2D eigenvalue weighted by Crippen LogP contribution is -2.49. The maximum Gasteiger partial charge on any atom is 0.226 e. The first-order valence-corrected chi connectivity index (χ1v) is 10.6. The van der Waals surface area contributed by atoms with Gasteiger partial charge in [0.15, 0.2) is 0 Å². The summed E-state index contributed by atoms with van der Waals surface area (Å²) in [7, 11) is 0. The Morgan fingerprint density at radius 3 is 2.04 bits per heavy atom. The van der Waals surface area contributed by atoms with E-state index in [1.165, 1.54) is 89.9 Å². The number of rotatable bonds is 11. The van der Waals surface area contributed by atoms with Crippen molar-refractivity contribution in [1.29, 1.82) is 0 Å². The molecule has 2 heteroatoms. The highest BCUT2D eigenvalue weighted by Gasteiger charge is 2.43. The molecule has 2 saturated carbocycles. The molecule has 2 fully saturated rings. The van der Waals surface area contributed by atoms with E-state index >= 15 is 0 Å². The van der Waals surface area contributed by atoms with Crippen LogP contribution in [-0.4, -0.2) is 11.9 Å². The second-order valence-corrected chi connectivity index (χ2v) is 8.17. The molecule has 2 aliphatic rings. The fourth-order valence-electron chi connectivity index (χ4n) is 4.38. The van der Waals surface area contributed by atoms with E-state index in [2.05, 4.69) is 12.2 Å². The molecule has 2 nitrogen and oxygen atoms in total. The van der Waals surface area contributed by atoms with Gasteiger partial charge in [-0.1, -0.05) is 84.0 Å². The van der Waals surface area contributed by atoms with Gasteiger partial charge in [-0.2, -0.15) is 0 Å². The molecule has 0 heterocycles. The van der Waals surface area contributed by atoms with Gasteiger partial charge in [-0.25, -0.2) is 0 Å². The summed E-state index contributed by atoms with van der Waals surface area (Å²) in [5.41, 5.74) is 0.0274. The molecule has 0 aromatic rings. The normalized spacial score (nSPS) is 20.9. The minimum atomic E-state index is 0.0274. The van der Waals surface area contributed by atoms with E-state index in [4.69, 9.17) is 0 Å². The first-order valence-electron chi connectivity index (χ1n) is 10.6. The quantitative estimate of drug-likeness (QED) is 0.455. The standard InChI is InChI=1S/C21H39NO/c1-2-3-4-5-6-7-8-12-16-21(17-13-18-21)20(23)22-19-14-10-9-11-15-19/h19H,2-18H2,1H3,(H,22,23). The van der Waals surface area contributed by atoms with E-state index in [-0.39, 0.29) is 5.41 Å². The Kier molecular flexibility index (Phi) is 8.47. The van der Waals surface area contributed by atoms with Crippen molar-refractivity contribution in [1.82, 2.24) is 5.32 Å². The summed E-state index contributed by atoms with van der Waals surface area (Å²) in [5.74, 6) is 0.401. The zero-order valence-electron chi connectivity index (χ0n) is 15.5. The molecular formula is C21H39NO. The predicted octanol–water partition coefficient (Wildman–Crippen LogP) is 6.14. The van der Waals surface area contributed by atoms with Gasteiger partial charge >= 0.3 is 0 Å². The first-order chi connectivity index (χ1) is 11.3. The molecule has 1 N–H and O–H groups in total. The largest absolute Gasteiger partial charge is 0.353 e. The van der Waals surface area contributed by atoms with Gasteiger partial charge in [-0.05, 0) is 32.1 Å². The van der Waals surface area contributed by atoms with E-state index < -0.39 is 0 Å². The molecule has 0 spiro atoms. The van der Waals surface area contributed by atoms with Crippen LogP contribution < -0.4 is 5.32 Å². The molecule has 0 aromatic carbocycles. The third-order valence-corrected chi connectivity index (χ3v) is 6.24. The van der Waals surface area contributed by atoms with Crippen molar-refractivity contribution in [3.05, 3.63) is 0 Å². The van der Waals surface area contributed by atoms with E-state index in [0.717, 1.165) is 19.3 Å². The van der Waals surface area contributed by atoms with E-state index in [1.54, 1.807) is 0 Å². The Labute approximate surface area is 144 Å². The number of nitrogens with one attached hydrogen (secondary N) is 1. The fraction of sp³-hybridized carbons (Fsp3) is 0.952. The van der Waals surface area contributed by atoms with Gasteiger partial charge in [0.2, 0.25) is 5.91 Å². The molecule has 0 saturated heterocycles. The zero-order chi connectivity index (χ0) is 16.4. The summed E-state index contributed by atoms with van der Waals surface area (Å²) in [6.45, 7) is 2.27. The highest BCUT2D eigenvalue weighted by molar-refractivity contribution is 5.83. The van der Waals surface area contributed by atoms with Crippen molar-refractivity contribution in [3.63, 3.8) is 0 Å². The molecule has 0 radical (unpaired) electrons. The van der Waals surface area contributed by atoms with Crippen LogP contribution in [0, 0.1) is 5.41 Å². The van der Waals surface area contributed by atoms with Crippen LogP contribution in [0.25, 0.3) is 0 Å². The number of unbranched alkanes of at least 4 members (excludes halogenated alkanes) is 7. The summed E-state index contributed by atoms with van der Waals surface area (Å²) in [6.07, 6.45) is 21.9. The molecule has 2 aliphatic carbocycles. The maximum absolute atomic E-state index is 12.7. The lowest BCUT2D eigenvalue weighted by atomic mass is 9.65.